The molecular formula is C24H25N3O4. The molecule has 2 aromatic carbocycles. The summed E-state index contributed by atoms with van der Waals surface area (Å²) in [6, 6.07) is 12.4. The number of nitrogens with one attached hydrogen (secondary N) is 2. The van der Waals surface area contributed by atoms with Gasteiger partial charge in [-0.1, -0.05) is 42.5 Å². The van der Waals surface area contributed by atoms with E-state index in [0.717, 1.165) is 41.6 Å². The quantitative estimate of drug-likeness (QED) is 0.712. The molecule has 3 aliphatic rings. The lowest BCUT2D eigenvalue weighted by Crippen LogP contribution is -2.54. The molecule has 3 unspecified atom stereocenters. The second-order valence-electron chi connectivity index (χ2n) is 8.55. The Morgan fingerprint density at radius 1 is 0.903 bits per heavy atom. The van der Waals surface area contributed by atoms with Crippen molar-refractivity contribution < 1.29 is 19.5 Å². The third-order valence-electron chi connectivity index (χ3n) is 6.69. The predicted octanol–water partition coefficient (Wildman–Crippen LogP) is 2.72. The van der Waals surface area contributed by atoms with Crippen LogP contribution in [0.3, 0.4) is 0 Å². The Hall–Kier alpha value is -3.35. The first-order valence-electron chi connectivity index (χ1n) is 10.8. The lowest BCUT2D eigenvalue weighted by molar-refractivity contribution is -0.127. The van der Waals surface area contributed by atoms with Crippen LogP contribution in [0.2, 0.25) is 0 Å². The van der Waals surface area contributed by atoms with Crippen molar-refractivity contribution in [2.45, 2.75) is 56.7 Å². The number of carbonyl (C=O) groups excluding carboxylic acids is 2. The van der Waals surface area contributed by atoms with E-state index < -0.39 is 18.2 Å². The van der Waals surface area contributed by atoms with Crippen LogP contribution >= 0.6 is 0 Å². The van der Waals surface area contributed by atoms with E-state index in [0.29, 0.717) is 19.3 Å². The monoisotopic (exact) mass is 419 g/mol. The number of amides is 3. The molecule has 0 saturated heterocycles. The predicted molar refractivity (Wildman–Crippen MR) is 115 cm³/mol. The fourth-order valence-electron chi connectivity index (χ4n) is 5.30. The van der Waals surface area contributed by atoms with Gasteiger partial charge >= 0.3 is 6.09 Å². The molecule has 2 aliphatic heterocycles. The van der Waals surface area contributed by atoms with Gasteiger partial charge in [-0.05, 0) is 54.4 Å². The second-order valence-corrected chi connectivity index (χ2v) is 8.55. The third kappa shape index (κ3) is 3.44. The molecule has 2 aromatic rings. The molecule has 3 N–H and O–H groups in total. The number of anilines is 1. The number of aryl methyl sites for hydroxylation is 2. The van der Waals surface area contributed by atoms with Gasteiger partial charge in [-0.25, -0.2) is 4.79 Å². The zero-order valence-corrected chi connectivity index (χ0v) is 17.1. The first-order chi connectivity index (χ1) is 15.0. The first-order valence-corrected chi connectivity index (χ1v) is 10.8. The first kappa shape index (κ1) is 19.6. The van der Waals surface area contributed by atoms with Crippen molar-refractivity contribution in [2.75, 3.05) is 4.90 Å². The molecule has 3 amide bonds. The standard InChI is InChI=1S/C24H25N3O4/c28-22(25-18-10-4-6-14-5-1-2-9-17(14)18)20-13-16-8-3-7-15-11-12-19(26-24(30)31)23(29)27(20)21(15)16/h1-3,5,7-9,18-20,26H,4,6,10-13H2,(H,25,28)(H,30,31). The highest BCUT2D eigenvalue weighted by Gasteiger charge is 2.44. The smallest absolute Gasteiger partial charge is 0.405 e. The molecule has 7 heteroatoms. The van der Waals surface area contributed by atoms with Crippen LogP contribution in [0.5, 0.6) is 0 Å². The van der Waals surface area contributed by atoms with Crippen molar-refractivity contribution in [2.24, 2.45) is 0 Å². The van der Waals surface area contributed by atoms with Crippen molar-refractivity contribution in [1.29, 1.82) is 0 Å². The summed E-state index contributed by atoms with van der Waals surface area (Å²) in [5.41, 5.74) is 5.13. The summed E-state index contributed by atoms with van der Waals surface area (Å²) in [7, 11) is 0. The molecule has 0 spiro atoms. The SMILES string of the molecule is O=C(O)NC1CCc2cccc3c2N(C1=O)C(C(=O)NC1CCCc2ccccc21)C3. The molecule has 0 saturated carbocycles. The van der Waals surface area contributed by atoms with Crippen LogP contribution in [0.1, 0.15) is 47.6 Å². The van der Waals surface area contributed by atoms with Gasteiger partial charge in [0.2, 0.25) is 11.8 Å². The van der Waals surface area contributed by atoms with Crippen molar-refractivity contribution in [1.82, 2.24) is 10.6 Å². The largest absolute Gasteiger partial charge is 0.465 e. The summed E-state index contributed by atoms with van der Waals surface area (Å²) in [6.07, 6.45) is 3.05. The highest BCUT2D eigenvalue weighted by Crippen LogP contribution is 2.39. The maximum absolute atomic E-state index is 13.4. The van der Waals surface area contributed by atoms with E-state index >= 15 is 0 Å². The van der Waals surface area contributed by atoms with Crippen LogP contribution in [0.25, 0.3) is 0 Å². The lowest BCUT2D eigenvalue weighted by atomic mass is 9.87. The number of benzene rings is 2. The van der Waals surface area contributed by atoms with Crippen molar-refractivity contribution >= 4 is 23.6 Å². The van der Waals surface area contributed by atoms with Crippen molar-refractivity contribution in [3.8, 4) is 0 Å². The highest BCUT2D eigenvalue weighted by molar-refractivity contribution is 6.07. The van der Waals surface area contributed by atoms with Gasteiger partial charge in [0, 0.05) is 6.42 Å². The van der Waals surface area contributed by atoms with E-state index in [9.17, 15) is 19.5 Å². The average Bonchev–Trinajstić information content (AvgIpc) is 3.10. The molecule has 0 radical (unpaired) electrons. The van der Waals surface area contributed by atoms with Gasteiger partial charge in [0.05, 0.1) is 11.7 Å². The Morgan fingerprint density at radius 2 is 1.68 bits per heavy atom. The minimum atomic E-state index is -1.23. The zero-order chi connectivity index (χ0) is 21.5. The van der Waals surface area contributed by atoms with E-state index in [2.05, 4.69) is 22.8 Å². The lowest BCUT2D eigenvalue weighted by Gasteiger charge is -2.31. The molecule has 5 rings (SSSR count). The number of carboxylic acid groups (broad SMARTS) is 1. The molecule has 7 nitrogen and oxygen atoms in total. The van der Waals surface area contributed by atoms with Gasteiger partial charge in [0.25, 0.3) is 0 Å². The summed E-state index contributed by atoms with van der Waals surface area (Å²) in [4.78, 5) is 39.6. The van der Waals surface area contributed by atoms with Gasteiger partial charge in [-0.2, -0.15) is 0 Å². The second kappa shape index (κ2) is 7.72. The zero-order valence-electron chi connectivity index (χ0n) is 17.1. The van der Waals surface area contributed by atoms with Gasteiger partial charge in [0.1, 0.15) is 12.1 Å². The molecule has 3 atom stereocenters. The Kier molecular flexibility index (Phi) is 4.88. The number of fused-ring (bicyclic) bond motifs is 1. The summed E-state index contributed by atoms with van der Waals surface area (Å²) in [5, 5.41) is 14.7. The third-order valence-corrected chi connectivity index (χ3v) is 6.69. The molecule has 1 aliphatic carbocycles. The maximum Gasteiger partial charge on any atom is 0.405 e. The van der Waals surface area contributed by atoms with Gasteiger partial charge in [-0.15, -0.1) is 0 Å². The highest BCUT2D eigenvalue weighted by atomic mass is 16.4. The van der Waals surface area contributed by atoms with E-state index in [1.807, 2.05) is 30.3 Å². The molecule has 31 heavy (non-hydrogen) atoms. The van der Waals surface area contributed by atoms with E-state index in [4.69, 9.17) is 0 Å². The normalized spacial score (nSPS) is 24.1. The van der Waals surface area contributed by atoms with Crippen LogP contribution in [0.4, 0.5) is 10.5 Å². The summed E-state index contributed by atoms with van der Waals surface area (Å²) in [6.45, 7) is 0. The maximum atomic E-state index is 13.4. The van der Waals surface area contributed by atoms with Crippen molar-refractivity contribution in [3.05, 3.63) is 64.7 Å². The van der Waals surface area contributed by atoms with Gasteiger partial charge in [-0.3, -0.25) is 14.5 Å². The van der Waals surface area contributed by atoms with Crippen LogP contribution in [0.15, 0.2) is 42.5 Å². The van der Waals surface area contributed by atoms with Crippen LogP contribution in [-0.4, -0.2) is 35.1 Å². The Bertz CT molecular complexity index is 1070. The minimum Gasteiger partial charge on any atom is -0.465 e. The topological polar surface area (TPSA) is 98.7 Å². The van der Waals surface area contributed by atoms with Crippen LogP contribution in [0, 0.1) is 0 Å². The Morgan fingerprint density at radius 3 is 2.52 bits per heavy atom. The van der Waals surface area contributed by atoms with E-state index in [-0.39, 0.29) is 17.9 Å². The molecule has 0 fully saturated rings. The summed E-state index contributed by atoms with van der Waals surface area (Å²) >= 11 is 0. The van der Waals surface area contributed by atoms with Gasteiger partial charge in [0.15, 0.2) is 0 Å². The fraction of sp³-hybridized carbons (Fsp3) is 0.375. The van der Waals surface area contributed by atoms with E-state index in [1.165, 1.54) is 5.56 Å². The molecule has 160 valence electrons. The van der Waals surface area contributed by atoms with Crippen LogP contribution < -0.4 is 15.5 Å². The average molecular weight is 419 g/mol. The molecular weight excluding hydrogens is 394 g/mol. The summed E-state index contributed by atoms with van der Waals surface area (Å²) < 4.78 is 0. The Balaban J connectivity index is 1.45. The molecule has 2 heterocycles. The van der Waals surface area contributed by atoms with E-state index in [1.54, 1.807) is 4.90 Å². The number of nitrogens with zero attached hydrogens (tertiary/aromatic N) is 1. The Labute approximate surface area is 180 Å². The molecule has 0 bridgehead atoms. The number of hydrogen-bond acceptors (Lipinski definition) is 3. The minimum absolute atomic E-state index is 0.0735. The van der Waals surface area contributed by atoms with Crippen LogP contribution in [-0.2, 0) is 28.9 Å². The number of carbonyl (C=O) groups is 3. The summed E-state index contributed by atoms with van der Waals surface area (Å²) in [5.74, 6) is -0.538. The fourth-order valence-corrected chi connectivity index (χ4v) is 5.30. The van der Waals surface area contributed by atoms with Crippen molar-refractivity contribution in [3.63, 3.8) is 0 Å². The molecule has 0 aromatic heterocycles. The number of hydrogen-bond donors (Lipinski definition) is 3. The number of rotatable bonds is 3. The van der Waals surface area contributed by atoms with Gasteiger partial charge < -0.3 is 15.7 Å². The number of para-hydroxylation sites is 1.